The van der Waals surface area contributed by atoms with Crippen LogP contribution in [0.2, 0.25) is 5.02 Å². The van der Waals surface area contributed by atoms with Crippen molar-refractivity contribution in [3.63, 3.8) is 0 Å². The number of rotatable bonds is 10. The van der Waals surface area contributed by atoms with E-state index in [1.165, 1.54) is 12.1 Å². The first-order valence-electron chi connectivity index (χ1n) is 13.7. The lowest BCUT2D eigenvalue weighted by Gasteiger charge is -2.29. The Hall–Kier alpha value is -4.40. The fourth-order valence-electron chi connectivity index (χ4n) is 5.38. The Kier molecular flexibility index (Phi) is 10.2. The summed E-state index contributed by atoms with van der Waals surface area (Å²) >= 11 is 6.05. The highest BCUT2D eigenvalue weighted by Gasteiger charge is 2.43. The number of nitro groups is 1. The summed E-state index contributed by atoms with van der Waals surface area (Å²) in [7, 11) is 0. The minimum Gasteiger partial charge on any atom is -0.466 e. The van der Waals surface area contributed by atoms with Crippen molar-refractivity contribution in [1.82, 2.24) is 14.7 Å². The molecular weight excluding hydrogens is 631 g/mol. The number of aromatic nitrogens is 2. The molecule has 0 atom stereocenters. The van der Waals surface area contributed by atoms with Crippen LogP contribution in [0.25, 0.3) is 0 Å². The number of benzene rings is 2. The normalized spacial score (nSPS) is 16.7. The Morgan fingerprint density at radius 2 is 1.76 bits per heavy atom. The number of halogens is 6. The van der Waals surface area contributed by atoms with Crippen molar-refractivity contribution in [1.29, 1.82) is 0 Å². The van der Waals surface area contributed by atoms with Crippen LogP contribution in [0.4, 0.5) is 27.6 Å². The molecule has 1 amide bonds. The van der Waals surface area contributed by atoms with Crippen LogP contribution in [-0.4, -0.2) is 50.4 Å². The molecule has 0 radical (unpaired) electrons. The van der Waals surface area contributed by atoms with Crippen LogP contribution in [0.3, 0.4) is 0 Å². The van der Waals surface area contributed by atoms with E-state index in [9.17, 15) is 46.5 Å². The molecule has 240 valence electrons. The van der Waals surface area contributed by atoms with Crippen LogP contribution in [0.5, 0.6) is 0 Å². The number of carbonyl (C=O) groups excluding carboxylic acids is 3. The second kappa shape index (κ2) is 13.7. The summed E-state index contributed by atoms with van der Waals surface area (Å²) < 4.78 is 77.2. The Morgan fingerprint density at radius 1 is 1.11 bits per heavy atom. The van der Waals surface area contributed by atoms with Gasteiger partial charge in [0.25, 0.3) is 11.6 Å². The summed E-state index contributed by atoms with van der Waals surface area (Å²) in [5.74, 6) is -5.51. The number of alkyl halides is 3. The molecule has 0 N–H and O–H groups in total. The maximum atomic E-state index is 14.5. The van der Waals surface area contributed by atoms with E-state index in [2.05, 4.69) is 5.10 Å². The molecule has 1 aliphatic carbocycles. The van der Waals surface area contributed by atoms with Gasteiger partial charge in [0.15, 0.2) is 11.5 Å². The van der Waals surface area contributed by atoms with E-state index in [-0.39, 0.29) is 42.9 Å². The van der Waals surface area contributed by atoms with Crippen LogP contribution < -0.4 is 0 Å². The number of amides is 1. The summed E-state index contributed by atoms with van der Waals surface area (Å²) in [6, 6.07) is 4.72. The van der Waals surface area contributed by atoms with Crippen LogP contribution in [0, 0.1) is 27.7 Å². The molecule has 45 heavy (non-hydrogen) atoms. The second-order valence-corrected chi connectivity index (χ2v) is 10.8. The monoisotopic (exact) mass is 656 g/mol. The first kappa shape index (κ1) is 33.5. The van der Waals surface area contributed by atoms with Crippen molar-refractivity contribution in [3.05, 3.63) is 91.8 Å². The molecule has 1 fully saturated rings. The largest absolute Gasteiger partial charge is 0.466 e. The lowest BCUT2D eigenvalue weighted by molar-refractivity contribution is -0.385. The van der Waals surface area contributed by atoms with E-state index >= 15 is 0 Å². The van der Waals surface area contributed by atoms with E-state index in [1.807, 2.05) is 0 Å². The van der Waals surface area contributed by atoms with Gasteiger partial charge in [-0.2, -0.15) is 18.3 Å². The lowest BCUT2D eigenvalue weighted by Crippen LogP contribution is -2.37. The number of carbonyl (C=O) groups is 3. The highest BCUT2D eigenvalue weighted by Crippen LogP contribution is 2.39. The van der Waals surface area contributed by atoms with Crippen molar-refractivity contribution in [2.75, 3.05) is 13.2 Å². The maximum Gasteiger partial charge on any atom is 0.433 e. The molecule has 0 aliphatic heterocycles. The van der Waals surface area contributed by atoms with Crippen LogP contribution in [0.15, 0.2) is 42.6 Å². The highest BCUT2D eigenvalue weighted by molar-refractivity contribution is 6.34. The molecule has 0 bridgehead atoms. The molecule has 1 heterocycles. The Morgan fingerprint density at radius 3 is 2.33 bits per heavy atom. The summed E-state index contributed by atoms with van der Waals surface area (Å²) in [6.07, 6.45) is -3.71. The molecule has 1 aliphatic rings. The second-order valence-electron chi connectivity index (χ2n) is 10.4. The minimum absolute atomic E-state index is 0.128. The number of nitrogens with zero attached hydrogens (tertiary/aromatic N) is 4. The fraction of sp³-hybridized carbons (Fsp3) is 0.379. The Labute approximate surface area is 257 Å². The third-order valence-corrected chi connectivity index (χ3v) is 7.66. The van der Waals surface area contributed by atoms with Crippen molar-refractivity contribution in [3.8, 4) is 0 Å². The molecule has 10 nitrogen and oxygen atoms in total. The quantitative estimate of drug-likeness (QED) is 0.0796. The lowest BCUT2D eigenvalue weighted by atomic mass is 9.86. The first-order chi connectivity index (χ1) is 21.2. The molecule has 0 unspecified atom stereocenters. The summed E-state index contributed by atoms with van der Waals surface area (Å²) in [5.41, 5.74) is -3.89. The van der Waals surface area contributed by atoms with Crippen molar-refractivity contribution >= 4 is 34.9 Å². The molecule has 0 spiro atoms. The van der Waals surface area contributed by atoms with E-state index in [0.29, 0.717) is 21.8 Å². The Balaban J connectivity index is 1.72. The highest BCUT2D eigenvalue weighted by atomic mass is 35.5. The van der Waals surface area contributed by atoms with Gasteiger partial charge in [-0.25, -0.2) is 8.78 Å². The van der Waals surface area contributed by atoms with Gasteiger partial charge in [-0.05, 0) is 56.4 Å². The molecule has 4 rings (SSSR count). The van der Waals surface area contributed by atoms with E-state index in [4.69, 9.17) is 16.3 Å². The number of hydrogen-bond donors (Lipinski definition) is 0. The maximum absolute atomic E-state index is 14.5. The number of nitro benzene ring substituents is 1. The zero-order valence-electron chi connectivity index (χ0n) is 23.7. The van der Waals surface area contributed by atoms with Gasteiger partial charge in [-0.1, -0.05) is 17.7 Å². The summed E-state index contributed by atoms with van der Waals surface area (Å²) in [4.78, 5) is 50.4. The number of Topliss-reactive ketones (excluding diaryl/α,β-unsaturated/α-hetero) is 1. The topological polar surface area (TPSA) is 125 Å². The SMILES string of the molecule is CCOC(=O)[C@H]1CC[C@H](n2ncc(C(=O)N(CC(=O)c3c(Cl)cccc3[N+](=O)[O-])Cc3cc(F)cc(F)c3)c2C(F)(F)F)CC1. The van der Waals surface area contributed by atoms with E-state index in [1.54, 1.807) is 6.92 Å². The number of hydrogen-bond acceptors (Lipinski definition) is 7. The van der Waals surface area contributed by atoms with Crippen molar-refractivity contribution in [2.24, 2.45) is 5.92 Å². The molecule has 1 saturated carbocycles. The standard InChI is InChI=1S/C29H26ClF5N4O6/c1-2-45-28(42)17-6-8-20(9-7-17)38-26(29(33,34)35)21(13-36-38)27(41)37(14-16-10-18(31)12-19(32)11-16)15-24(40)25-22(30)4-3-5-23(25)39(43)44/h3-5,10-13,17,20H,2,6-9,14-15H2,1H3/t17-,20-. The average Bonchev–Trinajstić information content (AvgIpc) is 3.42. The van der Waals surface area contributed by atoms with Crippen LogP contribution >= 0.6 is 11.6 Å². The molecule has 2 aromatic carbocycles. The predicted octanol–water partition coefficient (Wildman–Crippen LogP) is 6.56. The van der Waals surface area contributed by atoms with Gasteiger partial charge in [0, 0.05) is 18.7 Å². The number of ketones is 1. The zero-order chi connectivity index (χ0) is 33.1. The smallest absolute Gasteiger partial charge is 0.433 e. The van der Waals surface area contributed by atoms with Crippen LogP contribution in [-0.2, 0) is 22.3 Å². The zero-order valence-corrected chi connectivity index (χ0v) is 24.4. The van der Waals surface area contributed by atoms with E-state index < -0.39 is 88.0 Å². The average molecular weight is 657 g/mol. The van der Waals surface area contributed by atoms with Gasteiger partial charge in [0.1, 0.15) is 17.2 Å². The van der Waals surface area contributed by atoms with Gasteiger partial charge < -0.3 is 9.64 Å². The third kappa shape index (κ3) is 7.64. The van der Waals surface area contributed by atoms with Gasteiger partial charge in [-0.15, -0.1) is 0 Å². The molecule has 0 saturated heterocycles. The summed E-state index contributed by atoms with van der Waals surface area (Å²) in [6.45, 7) is 0.0186. The van der Waals surface area contributed by atoms with Crippen molar-refractivity contribution in [2.45, 2.75) is 51.4 Å². The van der Waals surface area contributed by atoms with Crippen molar-refractivity contribution < 1.29 is 46.0 Å². The van der Waals surface area contributed by atoms with Gasteiger partial charge >= 0.3 is 12.1 Å². The molecule has 16 heteroatoms. The van der Waals surface area contributed by atoms with Gasteiger partial charge in [0.05, 0.1) is 46.8 Å². The molecule has 3 aromatic rings. The number of ether oxygens (including phenoxy) is 1. The van der Waals surface area contributed by atoms with E-state index in [0.717, 1.165) is 18.2 Å². The predicted molar refractivity (Wildman–Crippen MR) is 148 cm³/mol. The molecule has 1 aromatic heterocycles. The third-order valence-electron chi connectivity index (χ3n) is 7.34. The van der Waals surface area contributed by atoms with Gasteiger partial charge in [0.2, 0.25) is 0 Å². The van der Waals surface area contributed by atoms with Gasteiger partial charge in [-0.3, -0.25) is 29.2 Å². The summed E-state index contributed by atoms with van der Waals surface area (Å²) in [5, 5.41) is 15.1. The van der Waals surface area contributed by atoms with Crippen LogP contribution in [0.1, 0.15) is 70.6 Å². The minimum atomic E-state index is -5.11. The fourth-order valence-corrected chi connectivity index (χ4v) is 5.66. The molecular formula is C29H26ClF5N4O6. The first-order valence-corrected chi connectivity index (χ1v) is 14.1. The number of esters is 1. The Bertz CT molecular complexity index is 1600.